The third-order valence-electron chi connectivity index (χ3n) is 2.35. The van der Waals surface area contributed by atoms with E-state index in [1.54, 1.807) is 0 Å². The van der Waals surface area contributed by atoms with Crippen molar-refractivity contribution < 1.29 is 9.84 Å². The van der Waals surface area contributed by atoms with E-state index in [4.69, 9.17) is 4.74 Å². The van der Waals surface area contributed by atoms with Crippen molar-refractivity contribution in [1.82, 2.24) is 0 Å². The van der Waals surface area contributed by atoms with Gasteiger partial charge < -0.3 is 15.2 Å². The molecule has 1 unspecified atom stereocenters. The summed E-state index contributed by atoms with van der Waals surface area (Å²) in [7, 11) is 0. The van der Waals surface area contributed by atoms with Gasteiger partial charge in [0, 0.05) is 15.8 Å². The second-order valence-corrected chi connectivity index (χ2v) is 5.62. The Labute approximate surface area is 117 Å². The van der Waals surface area contributed by atoms with E-state index in [-0.39, 0.29) is 6.10 Å². The summed E-state index contributed by atoms with van der Waals surface area (Å²) in [6.45, 7) is 6.85. The predicted octanol–water partition coefficient (Wildman–Crippen LogP) is 2.80. The fraction of sp³-hybridized carbons (Fsp3) is 0.538. The number of benzene rings is 1. The minimum atomic E-state index is -0.477. The van der Waals surface area contributed by atoms with Crippen molar-refractivity contribution >= 4 is 28.3 Å². The molecular weight excluding hydrogens is 329 g/mol. The van der Waals surface area contributed by atoms with Gasteiger partial charge in [0.25, 0.3) is 0 Å². The molecule has 0 aliphatic rings. The Balaban J connectivity index is 2.41. The fourth-order valence-corrected chi connectivity index (χ4v) is 1.87. The van der Waals surface area contributed by atoms with Gasteiger partial charge in [-0.2, -0.15) is 0 Å². The summed E-state index contributed by atoms with van der Waals surface area (Å²) >= 11 is 2.28. The molecule has 0 amide bonds. The van der Waals surface area contributed by atoms with Crippen LogP contribution in [0.5, 0.6) is 0 Å². The molecule has 0 bridgehead atoms. The quantitative estimate of drug-likeness (QED) is 0.776. The molecule has 0 fully saturated rings. The molecule has 96 valence electrons. The predicted molar refractivity (Wildman–Crippen MR) is 79.5 cm³/mol. The lowest BCUT2D eigenvalue weighted by Crippen LogP contribution is -2.26. The molecule has 1 atom stereocenters. The highest BCUT2D eigenvalue weighted by Crippen LogP contribution is 2.17. The summed E-state index contributed by atoms with van der Waals surface area (Å²) < 4.78 is 6.54. The second kappa shape index (κ2) is 7.18. The maximum absolute atomic E-state index is 9.73. The zero-order chi connectivity index (χ0) is 12.8. The van der Waals surface area contributed by atoms with E-state index in [0.29, 0.717) is 13.2 Å². The Morgan fingerprint density at radius 2 is 2.12 bits per heavy atom. The van der Waals surface area contributed by atoms with Crippen LogP contribution >= 0.6 is 22.6 Å². The minimum Gasteiger partial charge on any atom is -0.389 e. The summed E-state index contributed by atoms with van der Waals surface area (Å²) in [6.07, 6.45) is -0.321. The molecule has 1 aromatic carbocycles. The van der Waals surface area contributed by atoms with Gasteiger partial charge in [0.1, 0.15) is 0 Å². The number of nitrogens with one attached hydrogen (secondary N) is 1. The monoisotopic (exact) mass is 349 g/mol. The van der Waals surface area contributed by atoms with Crippen LogP contribution in [0.25, 0.3) is 0 Å². The zero-order valence-corrected chi connectivity index (χ0v) is 12.7. The first-order valence-electron chi connectivity index (χ1n) is 5.78. The average Bonchev–Trinajstić information content (AvgIpc) is 2.27. The summed E-state index contributed by atoms with van der Waals surface area (Å²) in [4.78, 5) is 0. The molecule has 17 heavy (non-hydrogen) atoms. The number of hydrogen-bond donors (Lipinski definition) is 2. The van der Waals surface area contributed by atoms with Gasteiger partial charge >= 0.3 is 0 Å². The Kier molecular flexibility index (Phi) is 6.22. The summed E-state index contributed by atoms with van der Waals surface area (Å²) in [5.74, 6) is 0. The van der Waals surface area contributed by atoms with Crippen molar-refractivity contribution in [1.29, 1.82) is 0 Å². The molecule has 3 nitrogen and oxygen atoms in total. The van der Waals surface area contributed by atoms with Crippen LogP contribution in [0.2, 0.25) is 0 Å². The van der Waals surface area contributed by atoms with Crippen LogP contribution in [0.1, 0.15) is 19.4 Å². The second-order valence-electron chi connectivity index (χ2n) is 4.38. The van der Waals surface area contributed by atoms with E-state index < -0.39 is 6.10 Å². The van der Waals surface area contributed by atoms with E-state index in [2.05, 4.69) is 53.0 Å². The Hall–Kier alpha value is -0.330. The molecule has 0 aromatic heterocycles. The summed E-state index contributed by atoms with van der Waals surface area (Å²) in [5, 5.41) is 13.0. The van der Waals surface area contributed by atoms with Gasteiger partial charge in [0.15, 0.2) is 0 Å². The van der Waals surface area contributed by atoms with Crippen LogP contribution in [0.4, 0.5) is 5.69 Å². The van der Waals surface area contributed by atoms with E-state index >= 15 is 0 Å². The standard InChI is InChI=1S/C13H20INO2/c1-9(2)17-8-12(16)7-15-13-6-11(14)5-4-10(13)3/h4-6,9,12,15-16H,7-8H2,1-3H3. The Morgan fingerprint density at radius 1 is 1.41 bits per heavy atom. The van der Waals surface area contributed by atoms with Crippen LogP contribution in [-0.4, -0.2) is 30.5 Å². The Bertz CT molecular complexity index is 355. The van der Waals surface area contributed by atoms with Crippen molar-refractivity contribution in [2.75, 3.05) is 18.5 Å². The molecule has 0 heterocycles. The maximum atomic E-state index is 9.73. The van der Waals surface area contributed by atoms with Crippen molar-refractivity contribution in [2.24, 2.45) is 0 Å². The van der Waals surface area contributed by atoms with Crippen LogP contribution in [0, 0.1) is 10.5 Å². The van der Waals surface area contributed by atoms with Gasteiger partial charge in [-0.3, -0.25) is 0 Å². The highest BCUT2D eigenvalue weighted by Gasteiger charge is 2.06. The molecule has 2 N–H and O–H groups in total. The normalized spacial score (nSPS) is 12.8. The number of ether oxygens (including phenoxy) is 1. The number of rotatable bonds is 6. The lowest BCUT2D eigenvalue weighted by atomic mass is 10.2. The molecule has 0 aliphatic heterocycles. The lowest BCUT2D eigenvalue weighted by molar-refractivity contribution is 0.0112. The van der Waals surface area contributed by atoms with E-state index in [9.17, 15) is 5.11 Å². The first kappa shape index (κ1) is 14.7. The van der Waals surface area contributed by atoms with Crippen molar-refractivity contribution in [3.8, 4) is 0 Å². The summed E-state index contributed by atoms with van der Waals surface area (Å²) in [5.41, 5.74) is 2.25. The first-order chi connectivity index (χ1) is 7.99. The van der Waals surface area contributed by atoms with Crippen LogP contribution in [-0.2, 0) is 4.74 Å². The smallest absolute Gasteiger partial charge is 0.0945 e. The maximum Gasteiger partial charge on any atom is 0.0945 e. The third kappa shape index (κ3) is 5.70. The van der Waals surface area contributed by atoms with Gasteiger partial charge in [-0.25, -0.2) is 0 Å². The summed E-state index contributed by atoms with van der Waals surface area (Å²) in [6, 6.07) is 6.21. The zero-order valence-electron chi connectivity index (χ0n) is 10.5. The third-order valence-corrected chi connectivity index (χ3v) is 3.02. The highest BCUT2D eigenvalue weighted by atomic mass is 127. The Morgan fingerprint density at radius 3 is 2.76 bits per heavy atom. The number of aliphatic hydroxyl groups excluding tert-OH is 1. The van der Waals surface area contributed by atoms with Crippen molar-refractivity contribution in [3.05, 3.63) is 27.3 Å². The van der Waals surface area contributed by atoms with Crippen LogP contribution in [0.15, 0.2) is 18.2 Å². The number of aryl methyl sites for hydroxylation is 1. The molecule has 0 saturated carbocycles. The number of halogens is 1. The van der Waals surface area contributed by atoms with Gasteiger partial charge in [0.2, 0.25) is 0 Å². The van der Waals surface area contributed by atoms with E-state index in [1.807, 2.05) is 13.8 Å². The van der Waals surface area contributed by atoms with E-state index in [0.717, 1.165) is 5.69 Å². The molecular formula is C13H20INO2. The van der Waals surface area contributed by atoms with Crippen molar-refractivity contribution in [3.63, 3.8) is 0 Å². The van der Waals surface area contributed by atoms with Gasteiger partial charge in [-0.1, -0.05) is 6.07 Å². The van der Waals surface area contributed by atoms with Gasteiger partial charge in [0.05, 0.1) is 18.8 Å². The minimum absolute atomic E-state index is 0.157. The first-order valence-corrected chi connectivity index (χ1v) is 6.86. The SMILES string of the molecule is Cc1ccc(I)cc1NCC(O)COC(C)C. The highest BCUT2D eigenvalue weighted by molar-refractivity contribution is 14.1. The molecule has 1 rings (SSSR count). The lowest BCUT2D eigenvalue weighted by Gasteiger charge is -2.16. The fourth-order valence-electron chi connectivity index (χ4n) is 1.37. The number of anilines is 1. The van der Waals surface area contributed by atoms with Crippen LogP contribution < -0.4 is 5.32 Å². The van der Waals surface area contributed by atoms with Crippen molar-refractivity contribution in [2.45, 2.75) is 33.0 Å². The van der Waals surface area contributed by atoms with Gasteiger partial charge in [-0.15, -0.1) is 0 Å². The topological polar surface area (TPSA) is 41.5 Å². The molecule has 0 saturated heterocycles. The molecule has 4 heteroatoms. The molecule has 0 radical (unpaired) electrons. The molecule has 0 spiro atoms. The van der Waals surface area contributed by atoms with Gasteiger partial charge in [-0.05, 0) is 61.1 Å². The van der Waals surface area contributed by atoms with E-state index in [1.165, 1.54) is 9.13 Å². The largest absolute Gasteiger partial charge is 0.389 e. The van der Waals surface area contributed by atoms with Crippen LogP contribution in [0.3, 0.4) is 0 Å². The number of hydrogen-bond acceptors (Lipinski definition) is 3. The molecule has 0 aliphatic carbocycles. The number of aliphatic hydroxyl groups is 1. The molecule has 1 aromatic rings. The average molecular weight is 349 g/mol.